The fraction of sp³-hybridized carbons (Fsp3) is 0.739. The van der Waals surface area contributed by atoms with Crippen molar-refractivity contribution in [2.24, 2.45) is 35.3 Å². The Morgan fingerprint density at radius 2 is 1.52 bits per heavy atom. The van der Waals surface area contributed by atoms with E-state index in [-0.39, 0.29) is 60.3 Å². The second-order valence-corrected chi connectivity index (χ2v) is 18.1. The number of rotatable bonds is 26. The molecule has 1 aromatic rings. The van der Waals surface area contributed by atoms with E-state index in [9.17, 15) is 33.9 Å². The molecule has 344 valence electrons. The maximum atomic E-state index is 14.5. The number of likely N-dealkylation sites (N-methyl/N-ethyl adjacent to an activating group) is 2. The lowest BCUT2D eigenvalue weighted by Crippen LogP contribution is -2.60. The number of carboxylic acid groups (broad SMARTS) is 1. The van der Waals surface area contributed by atoms with E-state index < -0.39 is 66.1 Å². The topological polar surface area (TPSA) is 201 Å². The molecule has 5 amide bonds. The molecule has 3 rings (SSSR count). The Balaban J connectivity index is 1.80. The zero-order valence-electron chi connectivity index (χ0n) is 38.6. The molecule has 5 N–H and O–H groups in total. The molecule has 0 spiro atoms. The Hall–Kier alpha value is -4.08. The number of piperidine rings is 1. The third-order valence-corrected chi connectivity index (χ3v) is 13.0. The Bertz CT molecular complexity index is 1610. The molecule has 1 saturated carbocycles. The van der Waals surface area contributed by atoms with Crippen molar-refractivity contribution in [3.05, 3.63) is 35.9 Å². The summed E-state index contributed by atoms with van der Waals surface area (Å²) in [7, 11) is 6.36. The summed E-state index contributed by atoms with van der Waals surface area (Å²) < 4.78 is 12.0. The fourth-order valence-corrected chi connectivity index (χ4v) is 9.19. The number of nitrogens with zero attached hydrogens (tertiary/aromatic N) is 3. The molecule has 15 nitrogen and oxygen atoms in total. The van der Waals surface area contributed by atoms with Crippen molar-refractivity contribution < 1.29 is 43.3 Å². The highest BCUT2D eigenvalue weighted by atomic mass is 16.5. The molecule has 6 unspecified atom stereocenters. The highest BCUT2D eigenvalue weighted by Crippen LogP contribution is 2.50. The van der Waals surface area contributed by atoms with Crippen LogP contribution < -0.4 is 16.4 Å². The van der Waals surface area contributed by atoms with Gasteiger partial charge in [0.15, 0.2) is 0 Å². The van der Waals surface area contributed by atoms with E-state index in [0.717, 1.165) is 24.8 Å². The minimum Gasteiger partial charge on any atom is -0.480 e. The molecule has 1 aliphatic heterocycles. The van der Waals surface area contributed by atoms with Crippen LogP contribution in [0, 0.1) is 29.6 Å². The largest absolute Gasteiger partial charge is 0.480 e. The molecule has 2 aliphatic rings. The first-order valence-corrected chi connectivity index (χ1v) is 22.3. The van der Waals surface area contributed by atoms with Crippen molar-refractivity contribution >= 4 is 35.5 Å². The van der Waals surface area contributed by atoms with Crippen molar-refractivity contribution in [2.75, 3.05) is 34.9 Å². The zero-order chi connectivity index (χ0) is 45.7. The molecule has 1 aliphatic carbocycles. The molecule has 2 fully saturated rings. The average Bonchev–Trinajstić information content (AvgIpc) is 3.88. The summed E-state index contributed by atoms with van der Waals surface area (Å²) in [4.78, 5) is 86.9. The van der Waals surface area contributed by atoms with E-state index in [4.69, 9.17) is 15.2 Å². The van der Waals surface area contributed by atoms with Gasteiger partial charge in [0.1, 0.15) is 18.1 Å². The van der Waals surface area contributed by atoms with Crippen LogP contribution in [0.25, 0.3) is 0 Å². The van der Waals surface area contributed by atoms with Gasteiger partial charge in [-0.3, -0.25) is 24.0 Å². The lowest BCUT2D eigenvalue weighted by atomic mass is 9.89. The monoisotopic (exact) mass is 857 g/mol. The quantitative estimate of drug-likeness (QED) is 0.0993. The van der Waals surface area contributed by atoms with Crippen molar-refractivity contribution in [1.29, 1.82) is 0 Å². The van der Waals surface area contributed by atoms with Crippen LogP contribution >= 0.6 is 0 Å². The van der Waals surface area contributed by atoms with Crippen LogP contribution in [0.15, 0.2) is 30.3 Å². The number of carbonyl (C=O) groups excluding carboxylic acids is 5. The van der Waals surface area contributed by atoms with Gasteiger partial charge in [0, 0.05) is 47.2 Å². The molecule has 1 aromatic carbocycles. The number of carboxylic acids is 1. The van der Waals surface area contributed by atoms with Crippen LogP contribution in [-0.4, -0.2) is 139 Å². The minimum absolute atomic E-state index is 0.0143. The Morgan fingerprint density at radius 3 is 2.07 bits per heavy atom. The predicted octanol–water partition coefficient (Wildman–Crippen LogP) is 3.86. The van der Waals surface area contributed by atoms with Gasteiger partial charge in [-0.05, 0) is 61.5 Å². The Labute approximate surface area is 364 Å². The standard InChI is InChI=1S/C46H76N6O9/c1-12-29(6)41(51(9)45(57)39(27(2)3)49-44(56)40(28(4)5)50(8)37(53)21-17-14-18-22-47)36(60-10)26-38(54)52-34-24-32(34)25-35(52)42(61-11)30(7)43(55)48-33(46(58)59)23-31-19-15-13-16-20-31/h13,15-16,19-20,27-30,32-36,39-42H,12,14,17-18,21-26,47H2,1-11H3,(H,48,55)(H,49,56)(H,58,59)/t29?,30-,32?,33?,34?,35+,36?,39+,40+,41+,42?/m1/s1. The lowest BCUT2D eigenvalue weighted by molar-refractivity contribution is -0.149. The molecule has 0 radical (unpaired) electrons. The number of unbranched alkanes of at least 4 members (excludes halogenated alkanes) is 2. The second kappa shape index (κ2) is 23.9. The predicted molar refractivity (Wildman–Crippen MR) is 234 cm³/mol. The molecule has 15 heteroatoms. The number of carbonyl (C=O) groups is 6. The molecule has 11 atom stereocenters. The summed E-state index contributed by atoms with van der Waals surface area (Å²) in [6, 6.07) is 5.27. The number of nitrogens with two attached hydrogens (primary N) is 1. The van der Waals surface area contributed by atoms with Gasteiger partial charge < -0.3 is 45.6 Å². The van der Waals surface area contributed by atoms with Gasteiger partial charge in [-0.15, -0.1) is 0 Å². The molecular weight excluding hydrogens is 781 g/mol. The van der Waals surface area contributed by atoms with Crippen LogP contribution in [0.4, 0.5) is 0 Å². The Kier molecular flexibility index (Phi) is 20.1. The number of hydrogen-bond acceptors (Lipinski definition) is 9. The maximum absolute atomic E-state index is 14.5. The van der Waals surface area contributed by atoms with Crippen LogP contribution in [0.3, 0.4) is 0 Å². The molecule has 1 heterocycles. The third-order valence-electron chi connectivity index (χ3n) is 13.0. The van der Waals surface area contributed by atoms with E-state index in [2.05, 4.69) is 10.6 Å². The lowest BCUT2D eigenvalue weighted by Gasteiger charge is -2.41. The average molecular weight is 857 g/mol. The summed E-state index contributed by atoms with van der Waals surface area (Å²) >= 11 is 0. The van der Waals surface area contributed by atoms with E-state index in [1.165, 1.54) is 19.1 Å². The van der Waals surface area contributed by atoms with Gasteiger partial charge in [0.25, 0.3) is 0 Å². The summed E-state index contributed by atoms with van der Waals surface area (Å²) in [5.74, 6) is -3.79. The van der Waals surface area contributed by atoms with Gasteiger partial charge in [-0.25, -0.2) is 4.79 Å². The van der Waals surface area contributed by atoms with Gasteiger partial charge in [-0.2, -0.15) is 0 Å². The number of ether oxygens (including phenoxy) is 2. The molecule has 0 bridgehead atoms. The van der Waals surface area contributed by atoms with E-state index >= 15 is 0 Å². The van der Waals surface area contributed by atoms with Crippen LogP contribution in [0.2, 0.25) is 0 Å². The van der Waals surface area contributed by atoms with Gasteiger partial charge in [0.05, 0.1) is 36.6 Å². The van der Waals surface area contributed by atoms with Crippen LogP contribution in [0.1, 0.15) is 105 Å². The highest BCUT2D eigenvalue weighted by Gasteiger charge is 2.57. The number of hydrogen-bond donors (Lipinski definition) is 4. The fourth-order valence-electron chi connectivity index (χ4n) is 9.19. The number of fused-ring (bicyclic) bond motifs is 1. The van der Waals surface area contributed by atoms with Crippen LogP contribution in [0.5, 0.6) is 0 Å². The number of benzene rings is 1. The van der Waals surface area contributed by atoms with E-state index in [1.807, 2.05) is 76.8 Å². The first-order valence-electron chi connectivity index (χ1n) is 22.3. The van der Waals surface area contributed by atoms with Crippen molar-refractivity contribution in [3.8, 4) is 0 Å². The highest BCUT2D eigenvalue weighted by molar-refractivity contribution is 5.92. The smallest absolute Gasteiger partial charge is 0.326 e. The van der Waals surface area contributed by atoms with Gasteiger partial charge in [0.2, 0.25) is 29.5 Å². The summed E-state index contributed by atoms with van der Waals surface area (Å²) in [6.07, 6.45) is 3.48. The van der Waals surface area contributed by atoms with Gasteiger partial charge >= 0.3 is 5.97 Å². The second-order valence-electron chi connectivity index (χ2n) is 18.1. The normalized spacial score (nSPS) is 21.0. The summed E-state index contributed by atoms with van der Waals surface area (Å²) in [6.45, 7) is 13.8. The number of amides is 5. The molecule has 1 saturated heterocycles. The van der Waals surface area contributed by atoms with Crippen molar-refractivity contribution in [2.45, 2.75) is 155 Å². The maximum Gasteiger partial charge on any atom is 0.326 e. The molecular formula is C46H76N6O9. The number of nitrogens with one attached hydrogen (secondary N) is 2. The number of likely N-dealkylation sites (tertiary alicyclic amines) is 1. The molecule has 0 aromatic heterocycles. The van der Waals surface area contributed by atoms with Crippen molar-refractivity contribution in [1.82, 2.24) is 25.3 Å². The van der Waals surface area contributed by atoms with E-state index in [0.29, 0.717) is 32.2 Å². The number of aliphatic carboxylic acids is 1. The molecule has 61 heavy (non-hydrogen) atoms. The van der Waals surface area contributed by atoms with Gasteiger partial charge in [-0.1, -0.05) is 91.6 Å². The first-order chi connectivity index (χ1) is 28.8. The summed E-state index contributed by atoms with van der Waals surface area (Å²) in [5, 5.41) is 15.7. The van der Waals surface area contributed by atoms with Crippen molar-refractivity contribution in [3.63, 3.8) is 0 Å². The van der Waals surface area contributed by atoms with Crippen LogP contribution in [-0.2, 0) is 44.7 Å². The SMILES string of the molecule is CCC(C)[C@@H](C(CC(=O)N1C2CC2C[C@H]1C(OC)[C@@H](C)C(=O)NC(Cc1ccccc1)C(=O)O)OC)N(C)C(=O)[C@@H](NC(=O)[C@H](C(C)C)N(C)C(=O)CCCCCN)C(C)C. The minimum atomic E-state index is -1.14. The Morgan fingerprint density at radius 1 is 0.869 bits per heavy atom. The summed E-state index contributed by atoms with van der Waals surface area (Å²) in [5.41, 5.74) is 6.39. The van der Waals surface area contributed by atoms with E-state index in [1.54, 1.807) is 25.9 Å². The zero-order valence-corrected chi connectivity index (χ0v) is 38.6. The number of methoxy groups -OCH3 is 2. The third kappa shape index (κ3) is 13.5. The first kappa shape index (κ1) is 51.3.